The number of furan rings is 1. The molecular weight excluding hydrogens is 317 g/mol. The zero-order chi connectivity index (χ0) is 17.2. The van der Waals surface area contributed by atoms with E-state index in [0.717, 1.165) is 11.0 Å². The van der Waals surface area contributed by atoms with E-state index in [0.29, 0.717) is 28.5 Å². The number of nitrogens with zero attached hydrogens (tertiary/aromatic N) is 2. The van der Waals surface area contributed by atoms with Gasteiger partial charge in [0.2, 0.25) is 0 Å². The van der Waals surface area contributed by atoms with Crippen LogP contribution in [0.15, 0.2) is 65.1 Å². The van der Waals surface area contributed by atoms with Gasteiger partial charge in [-0.1, -0.05) is 24.3 Å². The Balaban J connectivity index is 1.72. The highest BCUT2D eigenvalue weighted by Gasteiger charge is 2.11. The number of imidazole rings is 1. The largest absolute Gasteiger partial charge is 0.457 e. The smallest absolute Gasteiger partial charge is 0.149 e. The first-order valence-electron chi connectivity index (χ1n) is 7.66. The average Bonchev–Trinajstić information content (AvgIpc) is 3.26. The number of benzene rings is 2. The van der Waals surface area contributed by atoms with Crippen LogP contribution >= 0.6 is 0 Å². The Labute approximate surface area is 142 Å². The summed E-state index contributed by atoms with van der Waals surface area (Å²) >= 11 is 0. The normalized spacial score (nSPS) is 11.6. The topological polar surface area (TPSA) is 65.6 Å². The zero-order valence-corrected chi connectivity index (χ0v) is 13.0. The third kappa shape index (κ3) is 2.81. The Morgan fingerprint density at radius 2 is 1.88 bits per heavy atom. The molecule has 4 nitrogen and oxygen atoms in total. The van der Waals surface area contributed by atoms with Crippen LogP contribution in [0.1, 0.15) is 11.6 Å². The van der Waals surface area contributed by atoms with Crippen molar-refractivity contribution in [3.63, 3.8) is 0 Å². The Morgan fingerprint density at radius 1 is 1.08 bits per heavy atom. The van der Waals surface area contributed by atoms with E-state index in [1.165, 1.54) is 6.07 Å². The number of fused-ring (bicyclic) bond motifs is 1. The second-order valence-corrected chi connectivity index (χ2v) is 5.45. The minimum absolute atomic E-state index is 0.339. The summed E-state index contributed by atoms with van der Waals surface area (Å²) in [6.45, 7) is 0. The highest BCUT2D eigenvalue weighted by molar-refractivity contribution is 5.89. The molecule has 0 aliphatic heterocycles. The predicted octanol–water partition coefficient (Wildman–Crippen LogP) is 5.03. The molecule has 0 bridgehead atoms. The molecular formula is C20H12FN3O. The molecule has 0 unspecified atom stereocenters. The number of nitriles is 1. The zero-order valence-electron chi connectivity index (χ0n) is 13.0. The van der Waals surface area contributed by atoms with Gasteiger partial charge in [-0.3, -0.25) is 0 Å². The van der Waals surface area contributed by atoms with Gasteiger partial charge in [-0.05, 0) is 36.4 Å². The lowest BCUT2D eigenvalue weighted by Gasteiger charge is -1.98. The van der Waals surface area contributed by atoms with Gasteiger partial charge in [0.15, 0.2) is 0 Å². The first-order chi connectivity index (χ1) is 12.2. The lowest BCUT2D eigenvalue weighted by Crippen LogP contribution is -1.84. The molecule has 2 aromatic heterocycles. The summed E-state index contributed by atoms with van der Waals surface area (Å²) in [6, 6.07) is 19.4. The number of aromatic nitrogens is 2. The van der Waals surface area contributed by atoms with Crippen LogP contribution in [-0.4, -0.2) is 9.97 Å². The number of aromatic amines is 1. The van der Waals surface area contributed by atoms with Crippen LogP contribution in [0, 0.1) is 17.1 Å². The number of nitrogens with one attached hydrogen (secondary N) is 1. The predicted molar refractivity (Wildman–Crippen MR) is 93.7 cm³/mol. The number of allylic oxidation sites excluding steroid dienone is 1. The van der Waals surface area contributed by atoms with Crippen LogP contribution < -0.4 is 0 Å². The van der Waals surface area contributed by atoms with Crippen molar-refractivity contribution in [1.29, 1.82) is 5.26 Å². The Hall–Kier alpha value is -3.65. The van der Waals surface area contributed by atoms with E-state index in [2.05, 4.69) is 16.0 Å². The van der Waals surface area contributed by atoms with E-state index in [9.17, 15) is 9.65 Å². The minimum atomic E-state index is -0.356. The number of H-pyrrole nitrogens is 1. The van der Waals surface area contributed by atoms with Crippen molar-refractivity contribution < 1.29 is 8.81 Å². The maximum absolute atomic E-state index is 13.9. The van der Waals surface area contributed by atoms with Crippen LogP contribution in [0.25, 0.3) is 34.0 Å². The molecule has 0 amide bonds. The van der Waals surface area contributed by atoms with Gasteiger partial charge in [0.05, 0.1) is 22.2 Å². The van der Waals surface area contributed by atoms with Gasteiger partial charge in [0.25, 0.3) is 0 Å². The van der Waals surface area contributed by atoms with Gasteiger partial charge in [0, 0.05) is 6.08 Å². The summed E-state index contributed by atoms with van der Waals surface area (Å²) in [6.07, 6.45) is 1.59. The van der Waals surface area contributed by atoms with Crippen molar-refractivity contribution in [3.8, 4) is 17.4 Å². The molecule has 0 saturated heterocycles. The molecule has 0 spiro atoms. The molecule has 1 N–H and O–H groups in total. The molecule has 0 radical (unpaired) electrons. The van der Waals surface area contributed by atoms with E-state index >= 15 is 0 Å². The number of para-hydroxylation sites is 2. The molecule has 2 aromatic carbocycles. The number of hydrogen-bond acceptors (Lipinski definition) is 3. The van der Waals surface area contributed by atoms with Gasteiger partial charge >= 0.3 is 0 Å². The van der Waals surface area contributed by atoms with Crippen molar-refractivity contribution in [2.45, 2.75) is 0 Å². The molecule has 4 rings (SSSR count). The molecule has 0 fully saturated rings. The van der Waals surface area contributed by atoms with Crippen LogP contribution in [-0.2, 0) is 0 Å². The summed E-state index contributed by atoms with van der Waals surface area (Å²) in [5, 5.41) is 9.45. The van der Waals surface area contributed by atoms with Gasteiger partial charge in [-0.15, -0.1) is 0 Å². The van der Waals surface area contributed by atoms with Crippen molar-refractivity contribution in [1.82, 2.24) is 9.97 Å². The van der Waals surface area contributed by atoms with E-state index in [1.54, 1.807) is 36.4 Å². The summed E-state index contributed by atoms with van der Waals surface area (Å²) in [5.41, 5.74) is 2.35. The van der Waals surface area contributed by atoms with Gasteiger partial charge in [-0.2, -0.15) is 5.26 Å². The quantitative estimate of drug-likeness (QED) is 0.536. The van der Waals surface area contributed by atoms with E-state index in [1.807, 2.05) is 24.3 Å². The van der Waals surface area contributed by atoms with Crippen LogP contribution in [0.5, 0.6) is 0 Å². The van der Waals surface area contributed by atoms with Gasteiger partial charge < -0.3 is 9.40 Å². The second-order valence-electron chi connectivity index (χ2n) is 5.45. The number of rotatable bonds is 3. The number of hydrogen-bond donors (Lipinski definition) is 1. The first kappa shape index (κ1) is 14.9. The summed E-state index contributed by atoms with van der Waals surface area (Å²) in [4.78, 5) is 7.52. The number of halogens is 1. The highest BCUT2D eigenvalue weighted by atomic mass is 19.1. The molecule has 0 atom stereocenters. The second kappa shape index (κ2) is 6.10. The van der Waals surface area contributed by atoms with E-state index < -0.39 is 0 Å². The molecule has 120 valence electrons. The molecule has 0 aliphatic rings. The molecule has 4 aromatic rings. The van der Waals surface area contributed by atoms with E-state index in [4.69, 9.17) is 4.42 Å². The Bertz CT molecular complexity index is 1100. The molecule has 5 heteroatoms. The summed E-state index contributed by atoms with van der Waals surface area (Å²) < 4.78 is 19.5. The lowest BCUT2D eigenvalue weighted by molar-refractivity contribution is 0.561. The third-order valence-corrected chi connectivity index (χ3v) is 3.82. The maximum atomic E-state index is 13.9. The maximum Gasteiger partial charge on any atom is 0.149 e. The van der Waals surface area contributed by atoms with Crippen molar-refractivity contribution in [2.75, 3.05) is 0 Å². The molecule has 0 saturated carbocycles. The van der Waals surface area contributed by atoms with Crippen LogP contribution in [0.3, 0.4) is 0 Å². The van der Waals surface area contributed by atoms with E-state index in [-0.39, 0.29) is 5.82 Å². The SMILES string of the molecule is N#C/C(=C\c1ccc(-c2ccccc2F)o1)c1nc2ccccc2[nH]1. The van der Waals surface area contributed by atoms with Gasteiger partial charge in [-0.25, -0.2) is 9.37 Å². The van der Waals surface area contributed by atoms with Crippen molar-refractivity contribution in [3.05, 3.63) is 78.1 Å². The average molecular weight is 329 g/mol. The molecule has 25 heavy (non-hydrogen) atoms. The fraction of sp³-hybridized carbons (Fsp3) is 0. The van der Waals surface area contributed by atoms with Crippen LogP contribution in [0.2, 0.25) is 0 Å². The highest BCUT2D eigenvalue weighted by Crippen LogP contribution is 2.27. The first-order valence-corrected chi connectivity index (χ1v) is 7.66. The monoisotopic (exact) mass is 329 g/mol. The fourth-order valence-corrected chi connectivity index (χ4v) is 2.61. The van der Waals surface area contributed by atoms with Crippen LogP contribution in [0.4, 0.5) is 4.39 Å². The summed E-state index contributed by atoms with van der Waals surface area (Å²) in [7, 11) is 0. The Kier molecular flexibility index (Phi) is 3.64. The van der Waals surface area contributed by atoms with Crippen molar-refractivity contribution >= 4 is 22.7 Å². The Morgan fingerprint density at radius 3 is 2.68 bits per heavy atom. The van der Waals surface area contributed by atoms with Gasteiger partial charge in [0.1, 0.15) is 29.2 Å². The lowest BCUT2D eigenvalue weighted by atomic mass is 10.1. The standard InChI is InChI=1S/C20H12FN3O/c21-16-6-2-1-5-15(16)19-10-9-14(25-19)11-13(12-22)20-23-17-7-3-4-8-18(17)24-20/h1-11H,(H,23,24)/b13-11+. The minimum Gasteiger partial charge on any atom is -0.457 e. The van der Waals surface area contributed by atoms with Crippen molar-refractivity contribution in [2.24, 2.45) is 0 Å². The molecule has 0 aliphatic carbocycles. The fourth-order valence-electron chi connectivity index (χ4n) is 2.61. The molecule has 2 heterocycles. The summed E-state index contributed by atoms with van der Waals surface area (Å²) in [5.74, 6) is 0.971. The third-order valence-electron chi connectivity index (χ3n) is 3.82.